The molecule has 0 radical (unpaired) electrons. The summed E-state index contributed by atoms with van der Waals surface area (Å²) in [7, 11) is 0. The van der Waals surface area contributed by atoms with Crippen LogP contribution in [0.2, 0.25) is 0 Å². The number of nitrogens with one attached hydrogen (secondary N) is 1. The molecule has 4 aromatic rings. The number of furan rings is 1. The van der Waals surface area contributed by atoms with Gasteiger partial charge in [0.25, 0.3) is 11.8 Å². The molecule has 1 aliphatic rings. The number of benzene rings is 2. The highest BCUT2D eigenvalue weighted by molar-refractivity contribution is 8.01. The van der Waals surface area contributed by atoms with E-state index in [0.717, 1.165) is 19.5 Å². The summed E-state index contributed by atoms with van der Waals surface area (Å²) in [6.45, 7) is 0. The van der Waals surface area contributed by atoms with Gasteiger partial charge in [-0.1, -0.05) is 30.3 Å². The number of fused-ring (bicyclic) bond motifs is 1. The van der Waals surface area contributed by atoms with Gasteiger partial charge in [0, 0.05) is 0 Å². The molecular weight excluding hydrogens is 434 g/mol. The third-order valence-corrected chi connectivity index (χ3v) is 6.48. The number of amides is 4. The lowest BCUT2D eigenvalue weighted by molar-refractivity contribution is -0.122. The number of carbonyl (C=O) groups excluding carboxylic acids is 3. The van der Waals surface area contributed by atoms with E-state index >= 15 is 0 Å². The number of anilines is 1. The molecule has 9 heteroatoms. The highest BCUT2D eigenvalue weighted by Gasteiger charge is 2.36. The van der Waals surface area contributed by atoms with Crippen LogP contribution >= 0.6 is 23.1 Å². The number of nitrogens with zero attached hydrogens (tertiary/aromatic N) is 2. The van der Waals surface area contributed by atoms with E-state index in [-0.39, 0.29) is 5.57 Å². The molecule has 0 bridgehead atoms. The van der Waals surface area contributed by atoms with Crippen molar-refractivity contribution >= 4 is 62.9 Å². The van der Waals surface area contributed by atoms with Crippen LogP contribution in [0.3, 0.4) is 0 Å². The second-order valence-electron chi connectivity index (χ2n) is 6.50. The molecule has 0 saturated carbocycles. The van der Waals surface area contributed by atoms with Gasteiger partial charge in [-0.05, 0) is 54.2 Å². The van der Waals surface area contributed by atoms with Crippen molar-refractivity contribution in [3.63, 3.8) is 0 Å². The minimum Gasteiger partial charge on any atom is -0.450 e. The quantitative estimate of drug-likeness (QED) is 0.360. The third kappa shape index (κ3) is 3.76. The van der Waals surface area contributed by atoms with Crippen molar-refractivity contribution in [3.05, 3.63) is 78.1 Å². The Balaban J connectivity index is 1.40. The topological polar surface area (TPSA) is 92.5 Å². The molecule has 3 heterocycles. The van der Waals surface area contributed by atoms with Gasteiger partial charge in [0.15, 0.2) is 9.43 Å². The number of para-hydroxylation sites is 2. The average Bonchev–Trinajstić information content (AvgIpc) is 3.38. The number of rotatable bonds is 4. The molecule has 1 aliphatic heterocycles. The van der Waals surface area contributed by atoms with Gasteiger partial charge in [0.1, 0.15) is 11.3 Å². The van der Waals surface area contributed by atoms with E-state index in [9.17, 15) is 14.4 Å². The van der Waals surface area contributed by atoms with Gasteiger partial charge in [-0.25, -0.2) is 14.7 Å². The highest BCUT2D eigenvalue weighted by Crippen LogP contribution is 2.35. The molecule has 7 nitrogen and oxygen atoms in total. The first kappa shape index (κ1) is 19.3. The van der Waals surface area contributed by atoms with Gasteiger partial charge in [-0.3, -0.25) is 14.9 Å². The van der Waals surface area contributed by atoms with Gasteiger partial charge >= 0.3 is 6.03 Å². The maximum atomic E-state index is 12.9. The largest absolute Gasteiger partial charge is 0.450 e. The number of barbiturate groups is 1. The lowest BCUT2D eigenvalue weighted by Gasteiger charge is -2.26. The number of aromatic nitrogens is 1. The second kappa shape index (κ2) is 7.86. The fourth-order valence-electron chi connectivity index (χ4n) is 3.06. The molecule has 31 heavy (non-hydrogen) atoms. The summed E-state index contributed by atoms with van der Waals surface area (Å²) in [6.07, 6.45) is 1.34. The molecular formula is C22H13N3O4S2. The van der Waals surface area contributed by atoms with Crippen LogP contribution in [0.1, 0.15) is 5.76 Å². The van der Waals surface area contributed by atoms with Crippen LogP contribution in [0.4, 0.5) is 10.5 Å². The number of thiazole rings is 1. The van der Waals surface area contributed by atoms with Crippen molar-refractivity contribution in [1.29, 1.82) is 0 Å². The molecule has 0 atom stereocenters. The molecule has 1 fully saturated rings. The number of hydrogen-bond acceptors (Lipinski definition) is 7. The first-order valence-electron chi connectivity index (χ1n) is 9.18. The minimum atomic E-state index is -0.787. The van der Waals surface area contributed by atoms with Gasteiger partial charge in [-0.15, -0.1) is 11.3 Å². The zero-order chi connectivity index (χ0) is 21.4. The minimum absolute atomic E-state index is 0.186. The van der Waals surface area contributed by atoms with Crippen molar-refractivity contribution in [2.45, 2.75) is 9.43 Å². The first-order valence-corrected chi connectivity index (χ1v) is 10.8. The maximum absolute atomic E-state index is 12.9. The highest BCUT2D eigenvalue weighted by atomic mass is 32.2. The fourth-order valence-corrected chi connectivity index (χ4v) is 5.03. The molecule has 0 unspecified atom stereocenters. The Kier molecular flexibility index (Phi) is 4.89. The van der Waals surface area contributed by atoms with E-state index in [1.807, 2.05) is 24.3 Å². The van der Waals surface area contributed by atoms with Crippen LogP contribution in [-0.2, 0) is 9.59 Å². The standard InChI is InChI=1S/C22H13N3O4S2/c26-19-15(20(27)25(21(28)24-19)13-6-2-1-3-7-13)12-14-10-11-18(29-14)31-22-23-16-8-4-5-9-17(16)30-22/h1-12H,(H,24,26,28)/b15-12+. The predicted molar refractivity (Wildman–Crippen MR) is 118 cm³/mol. The Labute approximate surface area is 184 Å². The molecule has 4 amide bonds. The lowest BCUT2D eigenvalue weighted by atomic mass is 10.1. The van der Waals surface area contributed by atoms with Crippen LogP contribution in [0.5, 0.6) is 0 Å². The normalized spacial score (nSPS) is 15.7. The maximum Gasteiger partial charge on any atom is 0.335 e. The average molecular weight is 447 g/mol. The molecule has 0 spiro atoms. The number of imide groups is 2. The summed E-state index contributed by atoms with van der Waals surface area (Å²) >= 11 is 2.91. The third-order valence-electron chi connectivity index (χ3n) is 4.47. The van der Waals surface area contributed by atoms with Crippen LogP contribution < -0.4 is 10.2 Å². The Bertz CT molecular complexity index is 1320. The van der Waals surface area contributed by atoms with Gasteiger partial charge < -0.3 is 4.42 Å². The zero-order valence-electron chi connectivity index (χ0n) is 15.8. The second-order valence-corrected chi connectivity index (χ2v) is 8.78. The summed E-state index contributed by atoms with van der Waals surface area (Å²) < 4.78 is 7.67. The van der Waals surface area contributed by atoms with Crippen molar-refractivity contribution in [2.24, 2.45) is 0 Å². The smallest absolute Gasteiger partial charge is 0.335 e. The lowest BCUT2D eigenvalue weighted by Crippen LogP contribution is -2.54. The number of hydrogen-bond donors (Lipinski definition) is 1. The molecule has 152 valence electrons. The van der Waals surface area contributed by atoms with E-state index in [1.54, 1.807) is 53.8 Å². The molecule has 2 aromatic carbocycles. The Morgan fingerprint density at radius 3 is 2.55 bits per heavy atom. The fraction of sp³-hybridized carbons (Fsp3) is 0. The van der Waals surface area contributed by atoms with Crippen molar-refractivity contribution in [3.8, 4) is 0 Å². The summed E-state index contributed by atoms with van der Waals surface area (Å²) in [5.41, 5.74) is 1.10. The number of carbonyl (C=O) groups is 3. The molecule has 1 N–H and O–H groups in total. The Hall–Kier alpha value is -3.69. The van der Waals surface area contributed by atoms with E-state index in [0.29, 0.717) is 16.5 Å². The van der Waals surface area contributed by atoms with Crippen LogP contribution in [0, 0.1) is 0 Å². The van der Waals surface area contributed by atoms with E-state index in [4.69, 9.17) is 4.42 Å². The Morgan fingerprint density at radius 2 is 1.74 bits per heavy atom. The first-order chi connectivity index (χ1) is 15.1. The molecule has 2 aromatic heterocycles. The van der Waals surface area contributed by atoms with Gasteiger partial charge in [0.2, 0.25) is 0 Å². The zero-order valence-corrected chi connectivity index (χ0v) is 17.4. The Morgan fingerprint density at radius 1 is 0.968 bits per heavy atom. The van der Waals surface area contributed by atoms with Crippen LogP contribution in [0.15, 0.2) is 86.2 Å². The van der Waals surface area contributed by atoms with E-state index in [2.05, 4.69) is 10.3 Å². The molecule has 5 rings (SSSR count). The molecule has 1 saturated heterocycles. The summed E-state index contributed by atoms with van der Waals surface area (Å²) in [5, 5.41) is 2.77. The van der Waals surface area contributed by atoms with Crippen LogP contribution in [-0.4, -0.2) is 22.8 Å². The SMILES string of the molecule is O=C1NC(=O)N(c2ccccc2)C(=O)/C1=C/c1ccc(Sc2nc3ccccc3s2)o1. The summed E-state index contributed by atoms with van der Waals surface area (Å²) in [5.74, 6) is -1.15. The molecule has 0 aliphatic carbocycles. The van der Waals surface area contributed by atoms with Crippen molar-refractivity contribution in [2.75, 3.05) is 4.90 Å². The van der Waals surface area contributed by atoms with Crippen LogP contribution in [0.25, 0.3) is 16.3 Å². The monoisotopic (exact) mass is 447 g/mol. The summed E-state index contributed by atoms with van der Waals surface area (Å²) in [6, 6.07) is 18.9. The number of urea groups is 1. The predicted octanol–water partition coefficient (Wildman–Crippen LogP) is 4.71. The van der Waals surface area contributed by atoms with Gasteiger partial charge in [-0.2, -0.15) is 0 Å². The summed E-state index contributed by atoms with van der Waals surface area (Å²) in [4.78, 5) is 42.8. The van der Waals surface area contributed by atoms with E-state index in [1.165, 1.54) is 17.8 Å². The van der Waals surface area contributed by atoms with Crippen molar-refractivity contribution < 1.29 is 18.8 Å². The van der Waals surface area contributed by atoms with Gasteiger partial charge in [0.05, 0.1) is 15.9 Å². The van der Waals surface area contributed by atoms with E-state index < -0.39 is 17.8 Å². The van der Waals surface area contributed by atoms with Crippen molar-refractivity contribution in [1.82, 2.24) is 10.3 Å².